The van der Waals surface area contributed by atoms with E-state index in [0.717, 1.165) is 10.6 Å². The van der Waals surface area contributed by atoms with E-state index in [0.29, 0.717) is 22.7 Å². The van der Waals surface area contributed by atoms with E-state index in [9.17, 15) is 22.4 Å². The van der Waals surface area contributed by atoms with E-state index >= 15 is 0 Å². The second-order valence-electron chi connectivity index (χ2n) is 8.62. The van der Waals surface area contributed by atoms with Crippen LogP contribution in [0.2, 0.25) is 5.02 Å². The standard InChI is InChI=1S/C24H31ClFN3O4S/c1-16(2)13-27-24(31)18(4)28(14-19-9-11-20(26)12-10-19)23(30)15-29(34(5,32)33)22-8-6-7-21(25)17(22)3/h6-12,16,18H,13-15H2,1-5H3,(H,27,31). The van der Waals surface area contributed by atoms with E-state index in [-0.39, 0.29) is 24.1 Å². The summed E-state index contributed by atoms with van der Waals surface area (Å²) in [6.45, 7) is 7.04. The summed E-state index contributed by atoms with van der Waals surface area (Å²) in [6.07, 6.45) is 1.00. The predicted molar refractivity (Wildman–Crippen MR) is 133 cm³/mol. The molecule has 0 fully saturated rings. The van der Waals surface area contributed by atoms with E-state index < -0.39 is 34.3 Å². The first kappa shape index (κ1) is 27.6. The van der Waals surface area contributed by atoms with Crippen molar-refractivity contribution in [3.63, 3.8) is 0 Å². The summed E-state index contributed by atoms with van der Waals surface area (Å²) in [5.74, 6) is -1.16. The van der Waals surface area contributed by atoms with Crippen LogP contribution in [0, 0.1) is 18.7 Å². The number of nitrogens with one attached hydrogen (secondary N) is 1. The summed E-state index contributed by atoms with van der Waals surface area (Å²) < 4.78 is 39.6. The second kappa shape index (κ2) is 11.7. The Labute approximate surface area is 205 Å². The molecule has 2 aromatic rings. The third kappa shape index (κ3) is 7.43. The van der Waals surface area contributed by atoms with Crippen molar-refractivity contribution < 1.29 is 22.4 Å². The lowest BCUT2D eigenvalue weighted by Gasteiger charge is -2.32. The molecule has 0 aromatic heterocycles. The SMILES string of the molecule is Cc1c(Cl)cccc1N(CC(=O)N(Cc1ccc(F)cc1)C(C)C(=O)NCC(C)C)S(C)(=O)=O. The molecule has 1 unspecified atom stereocenters. The molecule has 0 bridgehead atoms. The minimum atomic E-state index is -3.85. The van der Waals surface area contributed by atoms with Gasteiger partial charge in [0, 0.05) is 18.1 Å². The Balaban J connectivity index is 2.40. The van der Waals surface area contributed by atoms with E-state index in [4.69, 9.17) is 11.6 Å². The zero-order chi connectivity index (χ0) is 25.6. The number of hydrogen-bond acceptors (Lipinski definition) is 4. The third-order valence-electron chi connectivity index (χ3n) is 5.31. The first-order chi connectivity index (χ1) is 15.8. The minimum Gasteiger partial charge on any atom is -0.354 e. The number of benzene rings is 2. The van der Waals surface area contributed by atoms with Crippen molar-refractivity contribution in [2.45, 2.75) is 40.3 Å². The molecular weight excluding hydrogens is 481 g/mol. The summed E-state index contributed by atoms with van der Waals surface area (Å²) in [5, 5.41) is 3.17. The Morgan fingerprint density at radius 3 is 2.26 bits per heavy atom. The molecule has 0 aliphatic heterocycles. The van der Waals surface area contributed by atoms with Gasteiger partial charge in [-0.1, -0.05) is 43.6 Å². The van der Waals surface area contributed by atoms with Crippen molar-refractivity contribution >= 4 is 39.1 Å². The zero-order valence-electron chi connectivity index (χ0n) is 20.0. The number of halogens is 2. The number of sulfonamides is 1. The van der Waals surface area contributed by atoms with Gasteiger partial charge in [-0.05, 0) is 55.2 Å². The first-order valence-electron chi connectivity index (χ1n) is 10.9. The average molecular weight is 512 g/mol. The predicted octanol–water partition coefficient (Wildman–Crippen LogP) is 3.74. The zero-order valence-corrected chi connectivity index (χ0v) is 21.6. The van der Waals surface area contributed by atoms with Crippen molar-refractivity contribution in [1.29, 1.82) is 0 Å². The Morgan fingerprint density at radius 2 is 1.71 bits per heavy atom. The molecule has 2 aromatic carbocycles. The number of amides is 2. The van der Waals surface area contributed by atoms with Crippen LogP contribution < -0.4 is 9.62 Å². The lowest BCUT2D eigenvalue weighted by Crippen LogP contribution is -2.51. The third-order valence-corrected chi connectivity index (χ3v) is 6.84. The van der Waals surface area contributed by atoms with Gasteiger partial charge in [-0.25, -0.2) is 12.8 Å². The van der Waals surface area contributed by atoms with Crippen LogP contribution in [0.5, 0.6) is 0 Å². The fourth-order valence-electron chi connectivity index (χ4n) is 3.28. The normalized spacial score (nSPS) is 12.4. The van der Waals surface area contributed by atoms with Gasteiger partial charge in [0.25, 0.3) is 0 Å². The van der Waals surface area contributed by atoms with Crippen LogP contribution in [0.15, 0.2) is 42.5 Å². The van der Waals surface area contributed by atoms with Gasteiger partial charge in [-0.3, -0.25) is 13.9 Å². The van der Waals surface area contributed by atoms with Crippen LogP contribution in [0.3, 0.4) is 0 Å². The monoisotopic (exact) mass is 511 g/mol. The van der Waals surface area contributed by atoms with Crippen LogP contribution in [0.1, 0.15) is 31.9 Å². The number of anilines is 1. The molecule has 0 saturated carbocycles. The van der Waals surface area contributed by atoms with Crippen LogP contribution in [-0.4, -0.2) is 50.5 Å². The molecule has 10 heteroatoms. The lowest BCUT2D eigenvalue weighted by molar-refractivity contribution is -0.139. The Kier molecular flexibility index (Phi) is 9.46. The lowest BCUT2D eigenvalue weighted by atomic mass is 10.1. The molecule has 0 radical (unpaired) electrons. The maximum Gasteiger partial charge on any atom is 0.244 e. The maximum atomic E-state index is 13.5. The molecule has 1 N–H and O–H groups in total. The Morgan fingerprint density at radius 1 is 1.09 bits per heavy atom. The average Bonchev–Trinajstić information content (AvgIpc) is 2.76. The van der Waals surface area contributed by atoms with Gasteiger partial charge in [0.05, 0.1) is 11.9 Å². The molecule has 0 saturated heterocycles. The van der Waals surface area contributed by atoms with Gasteiger partial charge in [0.2, 0.25) is 21.8 Å². The highest BCUT2D eigenvalue weighted by molar-refractivity contribution is 7.92. The van der Waals surface area contributed by atoms with Gasteiger partial charge < -0.3 is 10.2 Å². The molecule has 0 aliphatic carbocycles. The van der Waals surface area contributed by atoms with Crippen molar-refractivity contribution in [2.24, 2.45) is 5.92 Å². The van der Waals surface area contributed by atoms with Crippen LogP contribution in [0.25, 0.3) is 0 Å². The van der Waals surface area contributed by atoms with Crippen molar-refractivity contribution in [3.05, 3.63) is 64.4 Å². The number of carbonyl (C=O) groups is 2. The fraction of sp³-hybridized carbons (Fsp3) is 0.417. The van der Waals surface area contributed by atoms with Crippen LogP contribution in [-0.2, 0) is 26.2 Å². The summed E-state index contributed by atoms with van der Waals surface area (Å²) in [6, 6.07) is 9.47. The molecule has 0 heterocycles. The quantitative estimate of drug-likeness (QED) is 0.526. The van der Waals surface area contributed by atoms with Gasteiger partial charge >= 0.3 is 0 Å². The highest BCUT2D eigenvalue weighted by atomic mass is 35.5. The van der Waals surface area contributed by atoms with E-state index in [1.165, 1.54) is 29.2 Å². The summed E-state index contributed by atoms with van der Waals surface area (Å²) >= 11 is 6.18. The molecular formula is C24H31ClFN3O4S. The smallest absolute Gasteiger partial charge is 0.244 e. The van der Waals surface area contributed by atoms with Gasteiger partial charge in [0.15, 0.2) is 0 Å². The summed E-state index contributed by atoms with van der Waals surface area (Å²) in [5.41, 5.74) is 1.39. The van der Waals surface area contributed by atoms with Crippen molar-refractivity contribution in [2.75, 3.05) is 23.7 Å². The van der Waals surface area contributed by atoms with Crippen LogP contribution >= 0.6 is 11.6 Å². The van der Waals surface area contributed by atoms with Gasteiger partial charge in [-0.2, -0.15) is 0 Å². The summed E-state index contributed by atoms with van der Waals surface area (Å²) in [4.78, 5) is 27.5. The molecule has 34 heavy (non-hydrogen) atoms. The molecule has 1 atom stereocenters. The first-order valence-corrected chi connectivity index (χ1v) is 13.1. The largest absolute Gasteiger partial charge is 0.354 e. The minimum absolute atomic E-state index is 0.00150. The van der Waals surface area contributed by atoms with Gasteiger partial charge in [0.1, 0.15) is 18.4 Å². The fourth-order valence-corrected chi connectivity index (χ4v) is 4.35. The van der Waals surface area contributed by atoms with E-state index in [2.05, 4.69) is 5.32 Å². The Bertz CT molecular complexity index is 1120. The maximum absolute atomic E-state index is 13.5. The number of hydrogen-bond donors (Lipinski definition) is 1. The van der Waals surface area contributed by atoms with Crippen molar-refractivity contribution in [3.8, 4) is 0 Å². The van der Waals surface area contributed by atoms with Crippen LogP contribution in [0.4, 0.5) is 10.1 Å². The highest BCUT2D eigenvalue weighted by Gasteiger charge is 2.30. The summed E-state index contributed by atoms with van der Waals surface area (Å²) in [7, 11) is -3.85. The van der Waals surface area contributed by atoms with Gasteiger partial charge in [-0.15, -0.1) is 0 Å². The highest BCUT2D eigenvalue weighted by Crippen LogP contribution is 2.28. The van der Waals surface area contributed by atoms with E-state index in [1.54, 1.807) is 32.0 Å². The topological polar surface area (TPSA) is 86.8 Å². The molecule has 2 amide bonds. The number of nitrogens with zero attached hydrogens (tertiary/aromatic N) is 2. The molecule has 186 valence electrons. The number of carbonyl (C=O) groups excluding carboxylic acids is 2. The molecule has 0 spiro atoms. The van der Waals surface area contributed by atoms with Crippen molar-refractivity contribution in [1.82, 2.24) is 10.2 Å². The molecule has 7 nitrogen and oxygen atoms in total. The second-order valence-corrected chi connectivity index (χ2v) is 10.9. The molecule has 0 aliphatic rings. The Hall–Kier alpha value is -2.65. The van der Waals surface area contributed by atoms with E-state index in [1.807, 2.05) is 13.8 Å². The number of rotatable bonds is 10. The molecule has 2 rings (SSSR count).